The molecule has 2 N–H and O–H groups in total. The topological polar surface area (TPSA) is 75.6 Å². The molecule has 0 aliphatic carbocycles. The van der Waals surface area contributed by atoms with Crippen molar-refractivity contribution in [3.8, 4) is 11.3 Å². The fourth-order valence-electron chi connectivity index (χ4n) is 4.21. The number of nitrogens with zero attached hydrogens (tertiary/aromatic N) is 3. The van der Waals surface area contributed by atoms with E-state index in [1.54, 1.807) is 6.07 Å². The Morgan fingerprint density at radius 2 is 2.17 bits per heavy atom. The highest BCUT2D eigenvalue weighted by atomic mass is 16.1. The van der Waals surface area contributed by atoms with E-state index in [0.717, 1.165) is 54.0 Å². The average Bonchev–Trinajstić information content (AvgIpc) is 3.03. The summed E-state index contributed by atoms with van der Waals surface area (Å²) in [7, 11) is 0. The van der Waals surface area contributed by atoms with Crippen LogP contribution < -0.4 is 10.9 Å². The maximum absolute atomic E-state index is 12.7. The minimum atomic E-state index is 0.0788. The summed E-state index contributed by atoms with van der Waals surface area (Å²) < 4.78 is 1.96. The molecule has 0 saturated carbocycles. The van der Waals surface area contributed by atoms with Crippen LogP contribution in [0.3, 0.4) is 0 Å². The van der Waals surface area contributed by atoms with E-state index >= 15 is 0 Å². The van der Waals surface area contributed by atoms with Gasteiger partial charge in [-0.15, -0.1) is 0 Å². The molecule has 24 heavy (non-hydrogen) atoms. The second-order valence-corrected chi connectivity index (χ2v) is 6.93. The van der Waals surface area contributed by atoms with E-state index in [2.05, 4.69) is 26.3 Å². The monoisotopic (exact) mass is 321 g/mol. The van der Waals surface area contributed by atoms with Crippen LogP contribution in [-0.4, -0.2) is 32.6 Å². The zero-order valence-electron chi connectivity index (χ0n) is 13.5. The van der Waals surface area contributed by atoms with Crippen molar-refractivity contribution in [1.29, 1.82) is 0 Å². The molecule has 3 aromatic heterocycles. The van der Waals surface area contributed by atoms with Crippen molar-refractivity contribution in [1.82, 2.24) is 24.8 Å². The number of nitrogens with one attached hydrogen (secondary N) is 2. The predicted molar refractivity (Wildman–Crippen MR) is 92.0 cm³/mol. The number of fused-ring (bicyclic) bond motifs is 5. The molecular weight excluding hydrogens is 302 g/mol. The number of H-pyrrole nitrogens is 1. The molecule has 2 atom stereocenters. The molecule has 0 spiro atoms. The molecule has 122 valence electrons. The lowest BCUT2D eigenvalue weighted by Gasteiger charge is -2.37. The van der Waals surface area contributed by atoms with Crippen molar-refractivity contribution in [3.63, 3.8) is 0 Å². The van der Waals surface area contributed by atoms with E-state index in [-0.39, 0.29) is 5.56 Å². The molecule has 0 amide bonds. The standard InChI is InChI=1S/C18H19N5O/c1-10-21-14-2-3-20-18(14)17(22-10)12-5-15-13-4-11(7-19-8-13)9-23(15)16(24)6-12/h2-3,5-6,11,13,19-20H,4,7-9H2,1H3/t11-,13+/m0/s1. The summed E-state index contributed by atoms with van der Waals surface area (Å²) in [5, 5.41) is 3.49. The molecule has 2 aliphatic rings. The van der Waals surface area contributed by atoms with Gasteiger partial charge in [0.1, 0.15) is 5.82 Å². The second kappa shape index (κ2) is 5.01. The lowest BCUT2D eigenvalue weighted by atomic mass is 9.83. The Kier molecular flexibility index (Phi) is 2.91. The van der Waals surface area contributed by atoms with E-state index in [4.69, 9.17) is 0 Å². The molecule has 5 rings (SSSR count). The number of aromatic amines is 1. The van der Waals surface area contributed by atoms with Gasteiger partial charge in [0.25, 0.3) is 5.56 Å². The van der Waals surface area contributed by atoms with Gasteiger partial charge in [0.2, 0.25) is 0 Å². The number of hydrogen-bond donors (Lipinski definition) is 2. The molecule has 1 saturated heterocycles. The SMILES string of the molecule is Cc1nc(-c2cc3n(c(=O)c2)C[C@@H]2CNC[C@H]3C2)c2[nH]ccc2n1. The van der Waals surface area contributed by atoms with Crippen LogP contribution >= 0.6 is 0 Å². The average molecular weight is 321 g/mol. The Bertz CT molecular complexity index is 1000. The highest BCUT2D eigenvalue weighted by Gasteiger charge is 2.31. The number of piperidine rings is 1. The van der Waals surface area contributed by atoms with E-state index in [1.807, 2.05) is 23.8 Å². The van der Waals surface area contributed by atoms with Crippen LogP contribution in [0, 0.1) is 12.8 Å². The first kappa shape index (κ1) is 13.9. The van der Waals surface area contributed by atoms with Crippen LogP contribution in [-0.2, 0) is 6.54 Å². The van der Waals surface area contributed by atoms with Crippen molar-refractivity contribution in [3.05, 3.63) is 46.3 Å². The molecule has 2 aliphatic heterocycles. The quantitative estimate of drug-likeness (QED) is 0.717. The van der Waals surface area contributed by atoms with Crippen molar-refractivity contribution in [2.75, 3.05) is 13.1 Å². The van der Waals surface area contributed by atoms with Crippen LogP contribution in [0.2, 0.25) is 0 Å². The molecule has 0 aromatic carbocycles. The smallest absolute Gasteiger partial charge is 0.251 e. The zero-order chi connectivity index (χ0) is 16.3. The van der Waals surface area contributed by atoms with Crippen LogP contribution in [0.1, 0.15) is 23.9 Å². The van der Waals surface area contributed by atoms with Crippen molar-refractivity contribution in [2.24, 2.45) is 5.92 Å². The normalized spacial score (nSPS) is 22.5. The van der Waals surface area contributed by atoms with E-state index in [0.29, 0.717) is 17.7 Å². The molecule has 0 unspecified atom stereocenters. The van der Waals surface area contributed by atoms with Gasteiger partial charge in [-0.3, -0.25) is 4.79 Å². The summed E-state index contributed by atoms with van der Waals surface area (Å²) >= 11 is 0. The van der Waals surface area contributed by atoms with Gasteiger partial charge in [0, 0.05) is 42.5 Å². The van der Waals surface area contributed by atoms with Gasteiger partial charge < -0.3 is 14.9 Å². The molecule has 2 bridgehead atoms. The lowest BCUT2D eigenvalue weighted by molar-refractivity contribution is 0.257. The van der Waals surface area contributed by atoms with Gasteiger partial charge in [-0.25, -0.2) is 9.97 Å². The number of rotatable bonds is 1. The summed E-state index contributed by atoms with van der Waals surface area (Å²) in [5.74, 6) is 1.69. The summed E-state index contributed by atoms with van der Waals surface area (Å²) in [6.45, 7) is 4.66. The molecule has 0 radical (unpaired) electrons. The minimum Gasteiger partial charge on any atom is -0.358 e. The lowest BCUT2D eigenvalue weighted by Crippen LogP contribution is -2.44. The number of aryl methyl sites for hydroxylation is 1. The van der Waals surface area contributed by atoms with Crippen LogP contribution in [0.25, 0.3) is 22.3 Å². The van der Waals surface area contributed by atoms with Crippen molar-refractivity contribution >= 4 is 11.0 Å². The predicted octanol–water partition coefficient (Wildman–Crippen LogP) is 1.80. The molecular formula is C18H19N5O. The number of aromatic nitrogens is 4. The summed E-state index contributed by atoms with van der Waals surface area (Å²) in [5.41, 5.74) is 4.68. The van der Waals surface area contributed by atoms with Gasteiger partial charge in [-0.2, -0.15) is 0 Å². The summed E-state index contributed by atoms with van der Waals surface area (Å²) in [6.07, 6.45) is 3.03. The van der Waals surface area contributed by atoms with Crippen molar-refractivity contribution < 1.29 is 0 Å². The third kappa shape index (κ3) is 2.03. The number of pyridine rings is 1. The maximum Gasteiger partial charge on any atom is 0.251 e. The van der Waals surface area contributed by atoms with Gasteiger partial charge in [-0.05, 0) is 37.9 Å². The molecule has 6 nitrogen and oxygen atoms in total. The minimum absolute atomic E-state index is 0.0788. The fourth-order valence-corrected chi connectivity index (χ4v) is 4.21. The van der Waals surface area contributed by atoms with Crippen LogP contribution in [0.4, 0.5) is 0 Å². The first-order valence-electron chi connectivity index (χ1n) is 8.46. The van der Waals surface area contributed by atoms with Gasteiger partial charge in [0.05, 0.1) is 16.7 Å². The Labute approximate surface area is 139 Å². The van der Waals surface area contributed by atoms with Crippen LogP contribution in [0.15, 0.2) is 29.2 Å². The van der Waals surface area contributed by atoms with E-state index in [9.17, 15) is 4.79 Å². The molecule has 1 fully saturated rings. The third-order valence-electron chi connectivity index (χ3n) is 5.25. The largest absolute Gasteiger partial charge is 0.358 e. The first-order valence-corrected chi connectivity index (χ1v) is 8.46. The first-order chi connectivity index (χ1) is 11.7. The van der Waals surface area contributed by atoms with Crippen molar-refractivity contribution in [2.45, 2.75) is 25.8 Å². The highest BCUT2D eigenvalue weighted by Crippen LogP contribution is 2.34. The maximum atomic E-state index is 12.7. The van der Waals surface area contributed by atoms with Gasteiger partial charge >= 0.3 is 0 Å². The highest BCUT2D eigenvalue weighted by molar-refractivity contribution is 5.89. The summed E-state index contributed by atoms with van der Waals surface area (Å²) in [6, 6.07) is 5.81. The van der Waals surface area contributed by atoms with Gasteiger partial charge in [0.15, 0.2) is 0 Å². The Morgan fingerprint density at radius 3 is 3.08 bits per heavy atom. The van der Waals surface area contributed by atoms with Crippen LogP contribution in [0.5, 0.6) is 0 Å². The summed E-state index contributed by atoms with van der Waals surface area (Å²) in [4.78, 5) is 25.0. The Balaban J connectivity index is 1.74. The van der Waals surface area contributed by atoms with E-state index < -0.39 is 0 Å². The zero-order valence-corrected chi connectivity index (χ0v) is 13.5. The van der Waals surface area contributed by atoms with E-state index in [1.165, 1.54) is 0 Å². The number of hydrogen-bond acceptors (Lipinski definition) is 4. The molecule has 3 aromatic rings. The third-order valence-corrected chi connectivity index (χ3v) is 5.25. The molecule has 6 heteroatoms. The molecule has 5 heterocycles. The Hall–Kier alpha value is -2.47. The Morgan fingerprint density at radius 1 is 1.25 bits per heavy atom. The second-order valence-electron chi connectivity index (χ2n) is 6.93. The fraction of sp³-hybridized carbons (Fsp3) is 0.389. The van der Waals surface area contributed by atoms with Gasteiger partial charge in [-0.1, -0.05) is 0 Å².